The number of rotatable bonds is 92. The maximum atomic E-state index is 2.32. The Morgan fingerprint density at radius 3 is 0.116 bits per heavy atom. The van der Waals surface area contributed by atoms with Gasteiger partial charge in [-0.2, -0.15) is 0 Å². The van der Waals surface area contributed by atoms with Gasteiger partial charge in [-0.25, -0.2) is 0 Å². The van der Waals surface area contributed by atoms with Crippen LogP contribution < -0.4 is 0 Å². The van der Waals surface area contributed by atoms with Gasteiger partial charge in [0.2, 0.25) is 0 Å². The summed E-state index contributed by atoms with van der Waals surface area (Å²) in [5, 5.41) is 0. The third-order valence-corrected chi connectivity index (χ3v) is 23.2. The molecule has 0 rings (SSSR count). The van der Waals surface area contributed by atoms with Crippen molar-refractivity contribution in [2.45, 2.75) is 611 Å². The molecule has 0 aliphatic rings. The zero-order valence-corrected chi connectivity index (χ0v) is 67.8. The van der Waals surface area contributed by atoms with Gasteiger partial charge in [0, 0.05) is 0 Å². The molecule has 0 nitrogen and oxygen atoms in total. The van der Waals surface area contributed by atoms with E-state index in [1.165, 1.54) is 597 Å². The molecule has 0 aromatic heterocycles. The summed E-state index contributed by atoms with van der Waals surface area (Å²) in [6.07, 6.45) is 139. The Labute approximate surface area is 607 Å². The van der Waals surface area contributed by atoms with Crippen molar-refractivity contribution in [3.05, 3.63) is 0 Å². The first-order valence-electron chi connectivity index (χ1n) is 47.4. The summed E-state index contributed by atoms with van der Waals surface area (Å²) in [5.74, 6) is 0. The molecule has 0 spiro atoms. The largest absolute Gasteiger partial charge is 0.0654 e. The average Bonchev–Trinajstić information content (AvgIpc) is 3.59. The molecular formula is C95H192. The van der Waals surface area contributed by atoms with E-state index in [1.807, 2.05) is 0 Å². The van der Waals surface area contributed by atoms with E-state index in [4.69, 9.17) is 0 Å². The topological polar surface area (TPSA) is 0 Å². The van der Waals surface area contributed by atoms with Crippen molar-refractivity contribution in [3.63, 3.8) is 0 Å². The fourth-order valence-electron chi connectivity index (χ4n) is 16.2. The van der Waals surface area contributed by atoms with Gasteiger partial charge in [0.1, 0.15) is 0 Å². The Hall–Kier alpha value is 0. The van der Waals surface area contributed by atoms with Crippen LogP contribution in [0.4, 0.5) is 0 Å². The van der Waals surface area contributed by atoms with Gasteiger partial charge in [-0.15, -0.1) is 0 Å². The van der Waals surface area contributed by atoms with Crippen LogP contribution in [0, 0.1) is 0 Å². The molecule has 572 valence electrons. The fourth-order valence-corrected chi connectivity index (χ4v) is 16.2. The summed E-state index contributed by atoms with van der Waals surface area (Å²) in [5.41, 5.74) is 0. The first-order valence-corrected chi connectivity index (χ1v) is 47.4. The maximum Gasteiger partial charge on any atom is -0.0533 e. The van der Waals surface area contributed by atoms with Gasteiger partial charge >= 0.3 is 0 Å². The normalized spacial score (nSPS) is 11.8. The van der Waals surface area contributed by atoms with Crippen LogP contribution in [0.2, 0.25) is 0 Å². The highest BCUT2D eigenvalue weighted by molar-refractivity contribution is 4.59. The SMILES string of the molecule is CCCCCCCCCCCCCCCCCCCCCCCCCCCCCCCCCCCCCCCCCCCCCCCCCCCCCCCCCCCCCCCCCCCCCCCCCCCCCCCCCCCCCCCCCCCCCCC. The summed E-state index contributed by atoms with van der Waals surface area (Å²) >= 11 is 0. The van der Waals surface area contributed by atoms with Crippen molar-refractivity contribution < 1.29 is 0 Å². The van der Waals surface area contributed by atoms with Gasteiger partial charge in [-0.3, -0.25) is 0 Å². The lowest BCUT2D eigenvalue weighted by Gasteiger charge is -2.05. The Balaban J connectivity index is 3.09. The van der Waals surface area contributed by atoms with Crippen LogP contribution in [0.1, 0.15) is 611 Å². The van der Waals surface area contributed by atoms with Crippen LogP contribution in [0.15, 0.2) is 0 Å². The molecule has 0 saturated heterocycles. The highest BCUT2D eigenvalue weighted by atomic mass is 14.1. The van der Waals surface area contributed by atoms with Crippen LogP contribution in [0.25, 0.3) is 0 Å². The standard InChI is InChI=1S/C95H192/c1-3-5-7-9-11-13-15-17-19-21-23-25-27-29-31-33-35-37-39-41-43-45-47-49-51-53-55-57-59-61-63-65-67-69-71-73-75-77-79-81-83-85-87-89-91-93-95-94-92-90-88-86-84-82-80-78-76-74-72-70-68-66-64-62-60-58-56-54-52-50-48-46-44-42-40-38-36-34-32-30-28-26-24-22-20-18-16-14-12-10-8-6-4-2/h3-95H2,1-2H3. The molecule has 0 aromatic carbocycles. The number of hydrogen-bond acceptors (Lipinski definition) is 0. The molecule has 0 atom stereocenters. The van der Waals surface area contributed by atoms with Crippen LogP contribution in [0.3, 0.4) is 0 Å². The monoisotopic (exact) mass is 1330 g/mol. The predicted octanol–water partition coefficient (Wildman–Crippen LogP) is 37.3. The van der Waals surface area contributed by atoms with Crippen LogP contribution in [-0.4, -0.2) is 0 Å². The van der Waals surface area contributed by atoms with E-state index in [1.54, 1.807) is 0 Å². The lowest BCUT2D eigenvalue weighted by molar-refractivity contribution is 0.505. The van der Waals surface area contributed by atoms with Crippen molar-refractivity contribution in [1.82, 2.24) is 0 Å². The van der Waals surface area contributed by atoms with Gasteiger partial charge in [0.15, 0.2) is 0 Å². The van der Waals surface area contributed by atoms with Crippen molar-refractivity contribution in [3.8, 4) is 0 Å². The molecule has 95 heavy (non-hydrogen) atoms. The average molecular weight is 1330 g/mol. The molecule has 0 unspecified atom stereocenters. The van der Waals surface area contributed by atoms with Crippen molar-refractivity contribution in [2.24, 2.45) is 0 Å². The third kappa shape index (κ3) is 94.0. The Bertz CT molecular complexity index is 1120. The molecule has 0 aromatic rings. The Morgan fingerprint density at radius 1 is 0.0526 bits per heavy atom. The van der Waals surface area contributed by atoms with Gasteiger partial charge in [0.05, 0.1) is 0 Å². The molecule has 0 amide bonds. The zero-order chi connectivity index (χ0) is 67.8. The molecule has 0 aliphatic carbocycles. The van der Waals surface area contributed by atoms with E-state index in [0.29, 0.717) is 0 Å². The molecule has 0 fully saturated rings. The quantitative estimate of drug-likeness (QED) is 0.0533. The highest BCUT2D eigenvalue weighted by Crippen LogP contribution is 2.23. The zero-order valence-electron chi connectivity index (χ0n) is 67.8. The molecule has 0 heteroatoms. The third-order valence-electron chi connectivity index (χ3n) is 23.2. The first-order chi connectivity index (χ1) is 47.4. The van der Waals surface area contributed by atoms with E-state index in [2.05, 4.69) is 13.8 Å². The van der Waals surface area contributed by atoms with Crippen molar-refractivity contribution in [1.29, 1.82) is 0 Å². The highest BCUT2D eigenvalue weighted by Gasteiger charge is 2.03. The van der Waals surface area contributed by atoms with E-state index >= 15 is 0 Å². The van der Waals surface area contributed by atoms with E-state index in [0.717, 1.165) is 0 Å². The summed E-state index contributed by atoms with van der Waals surface area (Å²) < 4.78 is 0. The smallest absolute Gasteiger partial charge is 0.0533 e. The van der Waals surface area contributed by atoms with Crippen molar-refractivity contribution >= 4 is 0 Å². The van der Waals surface area contributed by atoms with Gasteiger partial charge in [0.25, 0.3) is 0 Å². The first kappa shape index (κ1) is 95.0. The number of hydrogen-bond donors (Lipinski definition) is 0. The lowest BCUT2D eigenvalue weighted by atomic mass is 10.0. The minimum absolute atomic E-state index is 1.37. The van der Waals surface area contributed by atoms with Gasteiger partial charge in [-0.05, 0) is 0 Å². The summed E-state index contributed by atoms with van der Waals surface area (Å²) in [6, 6.07) is 0. The van der Waals surface area contributed by atoms with E-state index in [-0.39, 0.29) is 0 Å². The fraction of sp³-hybridized carbons (Fsp3) is 1.00. The molecule has 0 heterocycles. The minimum atomic E-state index is 1.37. The van der Waals surface area contributed by atoms with Gasteiger partial charge in [-0.1, -0.05) is 611 Å². The van der Waals surface area contributed by atoms with Crippen LogP contribution in [0.5, 0.6) is 0 Å². The molecule has 0 saturated carbocycles. The molecule has 0 N–H and O–H groups in total. The van der Waals surface area contributed by atoms with Crippen LogP contribution >= 0.6 is 0 Å². The maximum absolute atomic E-state index is 2.32. The minimum Gasteiger partial charge on any atom is -0.0654 e. The van der Waals surface area contributed by atoms with Crippen molar-refractivity contribution in [2.75, 3.05) is 0 Å². The second-order valence-electron chi connectivity index (χ2n) is 33.2. The second kappa shape index (κ2) is 94.0. The predicted molar refractivity (Wildman–Crippen MR) is 441 cm³/mol. The summed E-state index contributed by atoms with van der Waals surface area (Å²) in [7, 11) is 0. The van der Waals surface area contributed by atoms with E-state index in [9.17, 15) is 0 Å². The molecule has 0 radical (unpaired) electrons. The Kier molecular flexibility index (Phi) is 94.0. The summed E-state index contributed by atoms with van der Waals surface area (Å²) in [6.45, 7) is 4.63. The molecular weight excluding hydrogens is 1140 g/mol. The molecule has 0 bridgehead atoms. The second-order valence-corrected chi connectivity index (χ2v) is 33.2. The lowest BCUT2D eigenvalue weighted by Crippen LogP contribution is -1.85. The van der Waals surface area contributed by atoms with Gasteiger partial charge < -0.3 is 0 Å². The van der Waals surface area contributed by atoms with Crippen LogP contribution in [-0.2, 0) is 0 Å². The Morgan fingerprint density at radius 2 is 0.0842 bits per heavy atom. The molecule has 0 aliphatic heterocycles. The number of unbranched alkanes of at least 4 members (excludes halogenated alkanes) is 92. The van der Waals surface area contributed by atoms with E-state index < -0.39 is 0 Å². The summed E-state index contributed by atoms with van der Waals surface area (Å²) in [4.78, 5) is 0.